The van der Waals surface area contributed by atoms with Crippen molar-refractivity contribution in [2.24, 2.45) is 4.99 Å². The summed E-state index contributed by atoms with van der Waals surface area (Å²) >= 11 is 0. The van der Waals surface area contributed by atoms with Crippen LogP contribution < -0.4 is 15.5 Å². The van der Waals surface area contributed by atoms with Gasteiger partial charge in [-0.25, -0.2) is 0 Å². The molecule has 138 valence electrons. The third kappa shape index (κ3) is 10.7. The minimum atomic E-state index is 0. The van der Waals surface area contributed by atoms with Crippen molar-refractivity contribution < 1.29 is 4.74 Å². The van der Waals surface area contributed by atoms with Gasteiger partial charge in [0, 0.05) is 52.6 Å². The van der Waals surface area contributed by atoms with Crippen LogP contribution in [0.25, 0.3) is 0 Å². The largest absolute Gasteiger partial charge is 0.382 e. The van der Waals surface area contributed by atoms with Crippen molar-refractivity contribution in [3.63, 3.8) is 0 Å². The molecule has 0 saturated carbocycles. The van der Waals surface area contributed by atoms with Gasteiger partial charge in [0.15, 0.2) is 5.96 Å². The molecular formula is C18H33IN4O. The van der Waals surface area contributed by atoms with Gasteiger partial charge in [-0.15, -0.1) is 24.0 Å². The maximum absolute atomic E-state index is 5.33. The standard InChI is InChI=1S/C18H32N4O.HI/c1-4-23-16-9-8-13-20-18(19-2)21-14-10-15-22(3)17-11-6-5-7-12-17;/h5-7,11-12H,4,8-10,13-16H2,1-3H3,(H2,19,20,21);1H. The summed E-state index contributed by atoms with van der Waals surface area (Å²) in [6.07, 6.45) is 3.24. The number of guanidine groups is 1. The second-order valence-corrected chi connectivity index (χ2v) is 5.44. The molecule has 1 rings (SSSR count). The van der Waals surface area contributed by atoms with Crippen LogP contribution in [-0.2, 0) is 4.74 Å². The van der Waals surface area contributed by atoms with Gasteiger partial charge in [-0.3, -0.25) is 4.99 Å². The fourth-order valence-corrected chi connectivity index (χ4v) is 2.24. The molecule has 0 heterocycles. The number of nitrogens with zero attached hydrogens (tertiary/aromatic N) is 2. The molecule has 1 aromatic rings. The van der Waals surface area contributed by atoms with Gasteiger partial charge in [-0.1, -0.05) is 18.2 Å². The zero-order valence-electron chi connectivity index (χ0n) is 15.3. The highest BCUT2D eigenvalue weighted by molar-refractivity contribution is 14.0. The Morgan fingerprint density at radius 2 is 1.75 bits per heavy atom. The first-order valence-electron chi connectivity index (χ1n) is 8.56. The Labute approximate surface area is 164 Å². The van der Waals surface area contributed by atoms with Gasteiger partial charge in [0.25, 0.3) is 0 Å². The van der Waals surface area contributed by atoms with Crippen LogP contribution in [0.2, 0.25) is 0 Å². The van der Waals surface area contributed by atoms with E-state index < -0.39 is 0 Å². The fourth-order valence-electron chi connectivity index (χ4n) is 2.24. The van der Waals surface area contributed by atoms with Crippen molar-refractivity contribution in [1.82, 2.24) is 10.6 Å². The second-order valence-electron chi connectivity index (χ2n) is 5.44. The molecule has 6 heteroatoms. The Balaban J connectivity index is 0.00000529. The number of rotatable bonds is 11. The number of hydrogen-bond donors (Lipinski definition) is 2. The number of halogens is 1. The molecule has 2 N–H and O–H groups in total. The Morgan fingerprint density at radius 1 is 1.08 bits per heavy atom. The third-order valence-electron chi connectivity index (χ3n) is 3.60. The van der Waals surface area contributed by atoms with Gasteiger partial charge >= 0.3 is 0 Å². The molecule has 0 amide bonds. The Kier molecular flexibility index (Phi) is 14.8. The summed E-state index contributed by atoms with van der Waals surface area (Å²) in [7, 11) is 3.94. The second kappa shape index (κ2) is 15.5. The Bertz CT molecular complexity index is 428. The minimum Gasteiger partial charge on any atom is -0.382 e. The topological polar surface area (TPSA) is 48.9 Å². The number of anilines is 1. The Hall–Kier alpha value is -1.02. The van der Waals surface area contributed by atoms with Crippen LogP contribution in [0.1, 0.15) is 26.2 Å². The molecule has 0 fully saturated rings. The zero-order chi connectivity index (χ0) is 16.8. The van der Waals surface area contributed by atoms with Gasteiger partial charge < -0.3 is 20.3 Å². The normalized spacial score (nSPS) is 10.9. The van der Waals surface area contributed by atoms with E-state index in [1.54, 1.807) is 0 Å². The molecule has 1 aromatic carbocycles. The monoisotopic (exact) mass is 448 g/mol. The molecule has 0 saturated heterocycles. The fraction of sp³-hybridized carbons (Fsp3) is 0.611. The molecule has 0 spiro atoms. The van der Waals surface area contributed by atoms with Crippen molar-refractivity contribution in [3.8, 4) is 0 Å². The van der Waals surface area contributed by atoms with Gasteiger partial charge in [0.05, 0.1) is 0 Å². The number of para-hydroxylation sites is 1. The lowest BCUT2D eigenvalue weighted by molar-refractivity contribution is 0.143. The van der Waals surface area contributed by atoms with E-state index in [9.17, 15) is 0 Å². The minimum absolute atomic E-state index is 0. The zero-order valence-corrected chi connectivity index (χ0v) is 17.6. The molecule has 0 aliphatic heterocycles. The predicted octanol–water partition coefficient (Wildman–Crippen LogP) is 3.11. The van der Waals surface area contributed by atoms with E-state index in [4.69, 9.17) is 4.74 Å². The van der Waals surface area contributed by atoms with E-state index in [1.807, 2.05) is 20.0 Å². The lowest BCUT2D eigenvalue weighted by atomic mass is 10.3. The van der Waals surface area contributed by atoms with Crippen LogP contribution in [-0.4, -0.2) is 52.9 Å². The van der Waals surface area contributed by atoms with E-state index in [1.165, 1.54) is 5.69 Å². The lowest BCUT2D eigenvalue weighted by Gasteiger charge is -2.19. The number of nitrogens with one attached hydrogen (secondary N) is 2. The van der Waals surface area contributed by atoms with Crippen molar-refractivity contribution in [1.29, 1.82) is 0 Å². The van der Waals surface area contributed by atoms with Crippen LogP contribution in [0.4, 0.5) is 5.69 Å². The summed E-state index contributed by atoms with van der Waals surface area (Å²) in [6, 6.07) is 10.5. The quantitative estimate of drug-likeness (QED) is 0.237. The highest BCUT2D eigenvalue weighted by atomic mass is 127. The van der Waals surface area contributed by atoms with E-state index in [0.29, 0.717) is 0 Å². The van der Waals surface area contributed by atoms with E-state index >= 15 is 0 Å². The molecule has 0 atom stereocenters. The Morgan fingerprint density at radius 3 is 2.38 bits per heavy atom. The summed E-state index contributed by atoms with van der Waals surface area (Å²) in [5.74, 6) is 0.878. The molecule has 5 nitrogen and oxygen atoms in total. The van der Waals surface area contributed by atoms with Crippen molar-refractivity contribution in [2.45, 2.75) is 26.2 Å². The summed E-state index contributed by atoms with van der Waals surface area (Å²) in [5, 5.41) is 6.70. The molecule has 0 aliphatic carbocycles. The van der Waals surface area contributed by atoms with E-state index in [0.717, 1.165) is 58.1 Å². The summed E-state index contributed by atoms with van der Waals surface area (Å²) < 4.78 is 5.33. The maximum Gasteiger partial charge on any atom is 0.190 e. The number of aliphatic imine (C=N–C) groups is 1. The smallest absolute Gasteiger partial charge is 0.190 e. The first-order chi connectivity index (χ1) is 11.3. The summed E-state index contributed by atoms with van der Waals surface area (Å²) in [6.45, 7) is 6.53. The molecule has 0 unspecified atom stereocenters. The van der Waals surface area contributed by atoms with Crippen molar-refractivity contribution in [3.05, 3.63) is 30.3 Å². The highest BCUT2D eigenvalue weighted by Crippen LogP contribution is 2.10. The molecular weight excluding hydrogens is 415 g/mol. The van der Waals surface area contributed by atoms with Crippen LogP contribution in [0, 0.1) is 0 Å². The lowest BCUT2D eigenvalue weighted by Crippen LogP contribution is -2.39. The highest BCUT2D eigenvalue weighted by Gasteiger charge is 2.00. The average Bonchev–Trinajstić information content (AvgIpc) is 2.60. The summed E-state index contributed by atoms with van der Waals surface area (Å²) in [4.78, 5) is 6.52. The van der Waals surface area contributed by atoms with Gasteiger partial charge in [-0.05, 0) is 38.3 Å². The predicted molar refractivity (Wildman–Crippen MR) is 115 cm³/mol. The van der Waals surface area contributed by atoms with Gasteiger partial charge in [-0.2, -0.15) is 0 Å². The molecule has 0 aliphatic rings. The van der Waals surface area contributed by atoms with E-state index in [2.05, 4.69) is 51.8 Å². The molecule has 24 heavy (non-hydrogen) atoms. The van der Waals surface area contributed by atoms with Crippen LogP contribution in [0.5, 0.6) is 0 Å². The third-order valence-corrected chi connectivity index (χ3v) is 3.60. The molecule has 0 bridgehead atoms. The van der Waals surface area contributed by atoms with Gasteiger partial charge in [0.1, 0.15) is 0 Å². The summed E-state index contributed by atoms with van der Waals surface area (Å²) in [5.41, 5.74) is 1.25. The molecule has 0 aromatic heterocycles. The van der Waals surface area contributed by atoms with Crippen LogP contribution in [0.3, 0.4) is 0 Å². The van der Waals surface area contributed by atoms with E-state index in [-0.39, 0.29) is 24.0 Å². The molecule has 0 radical (unpaired) electrons. The van der Waals surface area contributed by atoms with Crippen LogP contribution >= 0.6 is 24.0 Å². The van der Waals surface area contributed by atoms with Crippen molar-refractivity contribution >= 4 is 35.6 Å². The number of ether oxygens (including phenoxy) is 1. The van der Waals surface area contributed by atoms with Crippen LogP contribution in [0.15, 0.2) is 35.3 Å². The first-order valence-corrected chi connectivity index (χ1v) is 8.56. The number of benzene rings is 1. The number of unbranched alkanes of at least 4 members (excludes halogenated alkanes) is 1. The number of hydrogen-bond acceptors (Lipinski definition) is 3. The first kappa shape index (κ1) is 23.0. The average molecular weight is 448 g/mol. The SMILES string of the molecule is CCOCCCCNC(=NC)NCCCN(C)c1ccccc1.I. The van der Waals surface area contributed by atoms with Crippen molar-refractivity contribution in [2.75, 3.05) is 51.8 Å². The van der Waals surface area contributed by atoms with Gasteiger partial charge in [0.2, 0.25) is 0 Å². The maximum atomic E-state index is 5.33.